The number of hydrogen-bond donors (Lipinski definition) is 0. The average Bonchev–Trinajstić information content (AvgIpc) is 2.69. The minimum Gasteiger partial charge on any atom is -0.268 e. The van der Waals surface area contributed by atoms with Gasteiger partial charge in [-0.2, -0.15) is 0 Å². The highest BCUT2D eigenvalue weighted by Gasteiger charge is 2.15. The third kappa shape index (κ3) is 3.71. The van der Waals surface area contributed by atoms with Crippen molar-refractivity contribution in [3.63, 3.8) is 0 Å². The predicted molar refractivity (Wildman–Crippen MR) is 118 cm³/mol. The lowest BCUT2D eigenvalue weighted by molar-refractivity contribution is 0.814. The molecule has 0 saturated heterocycles. The van der Waals surface area contributed by atoms with Crippen LogP contribution in [0.1, 0.15) is 16.7 Å². The molecule has 1 heterocycles. The molecule has 0 fully saturated rings. The van der Waals surface area contributed by atoms with Gasteiger partial charge in [-0.3, -0.25) is 9.36 Å². The summed E-state index contributed by atoms with van der Waals surface area (Å²) in [5.41, 5.74) is 4.88. The Morgan fingerprint density at radius 1 is 1.00 bits per heavy atom. The van der Waals surface area contributed by atoms with Gasteiger partial charge in [-0.15, -0.1) is 0 Å². The number of thioether (sulfide) groups is 1. The summed E-state index contributed by atoms with van der Waals surface area (Å²) in [4.78, 5) is 18.1. The normalized spacial score (nSPS) is 11.1. The van der Waals surface area contributed by atoms with Crippen LogP contribution in [0.2, 0.25) is 5.02 Å². The second-order valence-corrected chi connectivity index (χ2v) is 8.14. The Labute approximate surface area is 173 Å². The predicted octanol–water partition coefficient (Wildman–Crippen LogP) is 5.95. The number of nitrogens with zero attached hydrogens (tertiary/aromatic N) is 2. The molecule has 0 saturated carbocycles. The summed E-state index contributed by atoms with van der Waals surface area (Å²) in [5.74, 6) is 0.701. The molecule has 0 aliphatic rings. The number of para-hydroxylation sites is 1. The molecule has 28 heavy (non-hydrogen) atoms. The van der Waals surface area contributed by atoms with Crippen molar-refractivity contribution in [1.82, 2.24) is 9.55 Å². The summed E-state index contributed by atoms with van der Waals surface area (Å²) < 4.78 is 1.73. The fraction of sp³-hybridized carbons (Fsp3) is 0.130. The van der Waals surface area contributed by atoms with Crippen molar-refractivity contribution in [3.05, 3.63) is 98.8 Å². The molecule has 140 valence electrons. The first-order valence-corrected chi connectivity index (χ1v) is 10.4. The average molecular weight is 407 g/mol. The highest BCUT2D eigenvalue weighted by atomic mass is 35.5. The lowest BCUT2D eigenvalue weighted by Gasteiger charge is -2.15. The zero-order valence-electron chi connectivity index (χ0n) is 15.6. The van der Waals surface area contributed by atoms with Crippen LogP contribution in [0.5, 0.6) is 0 Å². The molecule has 0 atom stereocenters. The molecule has 3 aromatic carbocycles. The summed E-state index contributed by atoms with van der Waals surface area (Å²) in [5, 5.41) is 2.02. The maximum absolute atomic E-state index is 13.3. The van der Waals surface area contributed by atoms with Gasteiger partial charge in [0.1, 0.15) is 0 Å². The van der Waals surface area contributed by atoms with Gasteiger partial charge >= 0.3 is 0 Å². The third-order valence-electron chi connectivity index (χ3n) is 4.62. The second kappa shape index (κ2) is 7.82. The van der Waals surface area contributed by atoms with Crippen LogP contribution in [-0.2, 0) is 5.75 Å². The van der Waals surface area contributed by atoms with Gasteiger partial charge in [0.05, 0.1) is 16.6 Å². The van der Waals surface area contributed by atoms with Crippen molar-refractivity contribution in [1.29, 1.82) is 0 Å². The van der Waals surface area contributed by atoms with E-state index in [-0.39, 0.29) is 5.56 Å². The van der Waals surface area contributed by atoms with Crippen molar-refractivity contribution in [3.8, 4) is 5.69 Å². The van der Waals surface area contributed by atoms with E-state index >= 15 is 0 Å². The van der Waals surface area contributed by atoms with Crippen LogP contribution >= 0.6 is 23.4 Å². The molecule has 0 aliphatic heterocycles. The van der Waals surface area contributed by atoms with E-state index in [1.807, 2.05) is 74.5 Å². The standard InChI is InChI=1S/C23H19ClN2OS/c1-15-7-12-21(16(2)13-15)26-22(27)19-5-3-4-6-20(19)25-23(26)28-14-17-8-10-18(24)11-9-17/h3-13H,14H2,1-2H3. The lowest BCUT2D eigenvalue weighted by Crippen LogP contribution is -2.22. The maximum Gasteiger partial charge on any atom is 0.266 e. The van der Waals surface area contributed by atoms with Gasteiger partial charge in [-0.1, -0.05) is 65.3 Å². The summed E-state index contributed by atoms with van der Waals surface area (Å²) in [6, 6.07) is 21.4. The molecule has 0 unspecified atom stereocenters. The summed E-state index contributed by atoms with van der Waals surface area (Å²) in [6.07, 6.45) is 0. The monoisotopic (exact) mass is 406 g/mol. The minimum absolute atomic E-state index is 0.0452. The molecule has 4 rings (SSSR count). The first-order chi connectivity index (χ1) is 13.5. The maximum atomic E-state index is 13.3. The molecular formula is C23H19ClN2OS. The van der Waals surface area contributed by atoms with Crippen molar-refractivity contribution in [2.45, 2.75) is 24.8 Å². The van der Waals surface area contributed by atoms with E-state index in [2.05, 4.69) is 6.07 Å². The van der Waals surface area contributed by atoms with E-state index in [0.717, 1.165) is 16.8 Å². The van der Waals surface area contributed by atoms with Crippen LogP contribution in [0.4, 0.5) is 0 Å². The van der Waals surface area contributed by atoms with Gasteiger partial charge in [-0.05, 0) is 55.3 Å². The van der Waals surface area contributed by atoms with E-state index in [1.54, 1.807) is 16.3 Å². The minimum atomic E-state index is -0.0452. The summed E-state index contributed by atoms with van der Waals surface area (Å²) in [7, 11) is 0. The van der Waals surface area contributed by atoms with E-state index < -0.39 is 0 Å². The van der Waals surface area contributed by atoms with E-state index in [4.69, 9.17) is 16.6 Å². The Bertz CT molecular complexity index is 1220. The Kier molecular flexibility index (Phi) is 5.25. The molecule has 0 spiro atoms. The number of benzene rings is 3. The second-order valence-electron chi connectivity index (χ2n) is 6.76. The largest absolute Gasteiger partial charge is 0.268 e. The summed E-state index contributed by atoms with van der Waals surface area (Å²) >= 11 is 7.54. The van der Waals surface area contributed by atoms with Crippen LogP contribution < -0.4 is 5.56 Å². The molecular weight excluding hydrogens is 388 g/mol. The van der Waals surface area contributed by atoms with E-state index in [1.165, 1.54) is 5.56 Å². The summed E-state index contributed by atoms with van der Waals surface area (Å²) in [6.45, 7) is 4.08. The molecule has 0 aliphatic carbocycles. The van der Waals surface area contributed by atoms with Gasteiger partial charge in [0.25, 0.3) is 5.56 Å². The molecule has 0 radical (unpaired) electrons. The number of hydrogen-bond acceptors (Lipinski definition) is 3. The van der Waals surface area contributed by atoms with Gasteiger partial charge in [-0.25, -0.2) is 4.98 Å². The van der Waals surface area contributed by atoms with Crippen LogP contribution in [0, 0.1) is 13.8 Å². The van der Waals surface area contributed by atoms with Gasteiger partial charge in [0, 0.05) is 10.8 Å². The first-order valence-electron chi connectivity index (χ1n) is 8.99. The Morgan fingerprint density at radius 3 is 2.50 bits per heavy atom. The van der Waals surface area contributed by atoms with Gasteiger partial charge in [0.15, 0.2) is 5.16 Å². The Balaban J connectivity index is 1.85. The molecule has 4 aromatic rings. The van der Waals surface area contributed by atoms with Gasteiger partial charge in [0.2, 0.25) is 0 Å². The van der Waals surface area contributed by atoms with Crippen molar-refractivity contribution >= 4 is 34.3 Å². The van der Waals surface area contributed by atoms with Crippen LogP contribution in [0.15, 0.2) is 76.7 Å². The van der Waals surface area contributed by atoms with Crippen molar-refractivity contribution in [2.24, 2.45) is 0 Å². The van der Waals surface area contributed by atoms with Crippen LogP contribution in [-0.4, -0.2) is 9.55 Å². The third-order valence-corrected chi connectivity index (χ3v) is 5.88. The van der Waals surface area contributed by atoms with Crippen LogP contribution in [0.3, 0.4) is 0 Å². The fourth-order valence-corrected chi connectivity index (χ4v) is 4.29. The van der Waals surface area contributed by atoms with Gasteiger partial charge < -0.3 is 0 Å². The van der Waals surface area contributed by atoms with Crippen molar-refractivity contribution < 1.29 is 0 Å². The molecule has 0 amide bonds. The fourth-order valence-electron chi connectivity index (χ4n) is 3.21. The van der Waals surface area contributed by atoms with Crippen molar-refractivity contribution in [2.75, 3.05) is 0 Å². The first kappa shape index (κ1) is 18.8. The smallest absolute Gasteiger partial charge is 0.266 e. The Hall–Kier alpha value is -2.56. The zero-order valence-corrected chi connectivity index (χ0v) is 17.2. The number of fused-ring (bicyclic) bond motifs is 1. The highest BCUT2D eigenvalue weighted by molar-refractivity contribution is 7.98. The molecule has 0 N–H and O–H groups in total. The number of aromatic nitrogens is 2. The van der Waals surface area contributed by atoms with Crippen LogP contribution in [0.25, 0.3) is 16.6 Å². The lowest BCUT2D eigenvalue weighted by atomic mass is 10.1. The molecule has 3 nitrogen and oxygen atoms in total. The van der Waals surface area contributed by atoms with E-state index in [0.29, 0.717) is 26.8 Å². The van der Waals surface area contributed by atoms with E-state index in [9.17, 15) is 4.79 Å². The molecule has 5 heteroatoms. The topological polar surface area (TPSA) is 34.9 Å². The quantitative estimate of drug-likeness (QED) is 0.310. The number of halogens is 1. The molecule has 0 bridgehead atoms. The number of aryl methyl sites for hydroxylation is 2. The highest BCUT2D eigenvalue weighted by Crippen LogP contribution is 2.26. The molecule has 1 aromatic heterocycles. The number of rotatable bonds is 4. The SMILES string of the molecule is Cc1ccc(-n2c(SCc3ccc(Cl)cc3)nc3ccccc3c2=O)c(C)c1. The zero-order chi connectivity index (χ0) is 19.7. The Morgan fingerprint density at radius 2 is 1.75 bits per heavy atom.